The maximum absolute atomic E-state index is 11.0. The zero-order chi connectivity index (χ0) is 19.9. The highest BCUT2D eigenvalue weighted by molar-refractivity contribution is 5.49. The lowest BCUT2D eigenvalue weighted by Crippen LogP contribution is -3.16. The van der Waals surface area contributed by atoms with E-state index in [9.17, 15) is 15.2 Å². The van der Waals surface area contributed by atoms with Crippen molar-refractivity contribution in [2.75, 3.05) is 51.3 Å². The van der Waals surface area contributed by atoms with E-state index in [-0.39, 0.29) is 18.0 Å². The van der Waals surface area contributed by atoms with Crippen LogP contribution in [0.4, 0.5) is 11.4 Å². The third-order valence-corrected chi connectivity index (χ3v) is 4.93. The van der Waals surface area contributed by atoms with Gasteiger partial charge in [-0.05, 0) is 30.3 Å². The van der Waals surface area contributed by atoms with E-state index in [1.807, 2.05) is 12.1 Å². The number of ether oxygens (including phenoxy) is 2. The van der Waals surface area contributed by atoms with Gasteiger partial charge in [0.2, 0.25) is 0 Å². The Balaban J connectivity index is 1.45. The maximum Gasteiger partial charge on any atom is 0.310 e. The number of quaternary nitrogens is 1. The number of nitrogens with one attached hydrogen (secondary N) is 1. The topological polar surface area (TPSA) is 89.5 Å². The van der Waals surface area contributed by atoms with Crippen molar-refractivity contribution in [1.29, 1.82) is 0 Å². The Kier molecular flexibility index (Phi) is 6.67. The molecule has 1 heterocycles. The van der Waals surface area contributed by atoms with Crippen LogP contribution in [0.1, 0.15) is 0 Å². The molecule has 2 aromatic carbocycles. The second-order valence-electron chi connectivity index (χ2n) is 6.83. The highest BCUT2D eigenvalue weighted by Gasteiger charge is 2.23. The van der Waals surface area contributed by atoms with E-state index in [1.54, 1.807) is 25.3 Å². The summed E-state index contributed by atoms with van der Waals surface area (Å²) in [4.78, 5) is 14.1. The molecule has 0 radical (unpaired) electrons. The number of piperazine rings is 1. The molecule has 1 aliphatic heterocycles. The van der Waals surface area contributed by atoms with Gasteiger partial charge in [-0.1, -0.05) is 12.1 Å². The first kappa shape index (κ1) is 19.9. The van der Waals surface area contributed by atoms with Crippen molar-refractivity contribution in [3.8, 4) is 11.5 Å². The summed E-state index contributed by atoms with van der Waals surface area (Å²) in [7, 11) is 1.65. The van der Waals surface area contributed by atoms with Crippen LogP contribution in [0.15, 0.2) is 48.5 Å². The fourth-order valence-corrected chi connectivity index (χ4v) is 3.39. The zero-order valence-corrected chi connectivity index (χ0v) is 15.9. The van der Waals surface area contributed by atoms with Crippen molar-refractivity contribution in [3.05, 3.63) is 58.6 Å². The van der Waals surface area contributed by atoms with E-state index >= 15 is 0 Å². The van der Waals surface area contributed by atoms with E-state index in [1.165, 1.54) is 16.7 Å². The van der Waals surface area contributed by atoms with Crippen molar-refractivity contribution in [1.82, 2.24) is 0 Å². The molecule has 0 bridgehead atoms. The average molecular weight is 388 g/mol. The smallest absolute Gasteiger partial charge is 0.310 e. The lowest BCUT2D eigenvalue weighted by Gasteiger charge is -2.34. The molecule has 1 saturated heterocycles. The van der Waals surface area contributed by atoms with Crippen LogP contribution in [0.3, 0.4) is 0 Å². The van der Waals surface area contributed by atoms with Crippen LogP contribution in [-0.4, -0.2) is 62.6 Å². The number of hydrogen-bond donors (Lipinski definition) is 2. The van der Waals surface area contributed by atoms with E-state index in [2.05, 4.69) is 17.0 Å². The second-order valence-corrected chi connectivity index (χ2v) is 6.83. The van der Waals surface area contributed by atoms with Gasteiger partial charge in [-0.2, -0.15) is 0 Å². The second kappa shape index (κ2) is 9.38. The van der Waals surface area contributed by atoms with Crippen LogP contribution in [0, 0.1) is 10.1 Å². The van der Waals surface area contributed by atoms with Gasteiger partial charge in [0.1, 0.15) is 25.0 Å². The molecule has 0 saturated carbocycles. The minimum Gasteiger partial charge on any atom is -0.497 e. The van der Waals surface area contributed by atoms with Crippen LogP contribution in [-0.2, 0) is 0 Å². The Morgan fingerprint density at radius 3 is 2.50 bits per heavy atom. The number of hydrogen-bond acceptors (Lipinski definition) is 6. The third kappa shape index (κ3) is 5.11. The number of anilines is 1. The van der Waals surface area contributed by atoms with E-state index in [0.29, 0.717) is 6.54 Å². The fraction of sp³-hybridized carbons (Fsp3) is 0.400. The van der Waals surface area contributed by atoms with Gasteiger partial charge >= 0.3 is 5.69 Å². The number of nitro groups is 1. The molecule has 3 rings (SSSR count). The van der Waals surface area contributed by atoms with Gasteiger partial charge in [-0.25, -0.2) is 0 Å². The van der Waals surface area contributed by atoms with E-state index in [0.717, 1.165) is 31.9 Å². The molecule has 0 aromatic heterocycles. The summed E-state index contributed by atoms with van der Waals surface area (Å²) in [5.74, 6) is 1.03. The van der Waals surface area contributed by atoms with Gasteiger partial charge in [0.05, 0.1) is 38.2 Å². The summed E-state index contributed by atoms with van der Waals surface area (Å²) in [6.45, 7) is 4.22. The summed E-state index contributed by atoms with van der Waals surface area (Å²) in [5.41, 5.74) is 1.08. The van der Waals surface area contributed by atoms with Gasteiger partial charge in [0.25, 0.3) is 0 Å². The van der Waals surface area contributed by atoms with Crippen LogP contribution < -0.4 is 19.3 Å². The Morgan fingerprint density at radius 2 is 1.86 bits per heavy atom. The summed E-state index contributed by atoms with van der Waals surface area (Å²) < 4.78 is 10.7. The average Bonchev–Trinajstić information content (AvgIpc) is 2.73. The van der Waals surface area contributed by atoms with Gasteiger partial charge in [0, 0.05) is 11.8 Å². The van der Waals surface area contributed by atoms with E-state index in [4.69, 9.17) is 9.47 Å². The van der Waals surface area contributed by atoms with E-state index < -0.39 is 11.0 Å². The molecule has 0 spiro atoms. The Hall–Kier alpha value is -2.84. The normalized spacial score (nSPS) is 15.9. The number of para-hydroxylation sites is 2. The summed E-state index contributed by atoms with van der Waals surface area (Å²) in [6.07, 6.45) is -0.678. The van der Waals surface area contributed by atoms with Crippen molar-refractivity contribution in [2.45, 2.75) is 6.10 Å². The van der Waals surface area contributed by atoms with Crippen molar-refractivity contribution in [2.24, 2.45) is 0 Å². The number of nitrogens with zero attached hydrogens (tertiary/aromatic N) is 2. The molecule has 2 aromatic rings. The SMILES string of the molecule is COc1ccc(N2CC[NH+](C[C@H](O)COc3ccccc3[N+](=O)[O-])CC2)cc1. The van der Waals surface area contributed by atoms with Crippen molar-refractivity contribution >= 4 is 11.4 Å². The largest absolute Gasteiger partial charge is 0.497 e. The summed E-state index contributed by atoms with van der Waals surface area (Å²) in [5, 5.41) is 21.3. The van der Waals surface area contributed by atoms with Gasteiger partial charge in [-0.3, -0.25) is 10.1 Å². The molecular weight excluding hydrogens is 362 g/mol. The number of aliphatic hydroxyl groups is 1. The number of rotatable bonds is 8. The monoisotopic (exact) mass is 388 g/mol. The third-order valence-electron chi connectivity index (χ3n) is 4.93. The Labute approximate surface area is 164 Å². The fourth-order valence-electron chi connectivity index (χ4n) is 3.39. The molecule has 150 valence electrons. The minimum atomic E-state index is -0.678. The van der Waals surface area contributed by atoms with Gasteiger partial charge in [-0.15, -0.1) is 0 Å². The molecule has 0 aliphatic carbocycles. The Bertz CT molecular complexity index is 776. The molecular formula is C20H26N3O5+. The first-order valence-electron chi connectivity index (χ1n) is 9.33. The molecule has 28 heavy (non-hydrogen) atoms. The molecule has 0 unspecified atom stereocenters. The molecule has 2 N–H and O–H groups in total. The predicted octanol–water partition coefficient (Wildman–Crippen LogP) is 0.748. The van der Waals surface area contributed by atoms with Gasteiger partial charge in [0.15, 0.2) is 5.75 Å². The lowest BCUT2D eigenvalue weighted by atomic mass is 10.2. The maximum atomic E-state index is 11.0. The summed E-state index contributed by atoms with van der Waals surface area (Å²) >= 11 is 0. The number of aliphatic hydroxyl groups excluding tert-OH is 1. The molecule has 8 nitrogen and oxygen atoms in total. The molecule has 8 heteroatoms. The van der Waals surface area contributed by atoms with Crippen molar-refractivity contribution < 1.29 is 24.4 Å². The predicted molar refractivity (Wildman–Crippen MR) is 105 cm³/mol. The highest BCUT2D eigenvalue weighted by Crippen LogP contribution is 2.25. The molecule has 1 fully saturated rings. The zero-order valence-electron chi connectivity index (χ0n) is 15.9. The number of benzene rings is 2. The Morgan fingerprint density at radius 1 is 1.18 bits per heavy atom. The lowest BCUT2D eigenvalue weighted by molar-refractivity contribution is -0.903. The van der Waals surface area contributed by atoms with Crippen LogP contribution in [0.25, 0.3) is 0 Å². The number of methoxy groups -OCH3 is 1. The highest BCUT2D eigenvalue weighted by atomic mass is 16.6. The van der Waals surface area contributed by atoms with Crippen molar-refractivity contribution in [3.63, 3.8) is 0 Å². The first-order valence-corrected chi connectivity index (χ1v) is 9.33. The van der Waals surface area contributed by atoms with Gasteiger partial charge < -0.3 is 24.4 Å². The standard InChI is InChI=1S/C20H25N3O5/c1-27-18-8-6-16(7-9-18)22-12-10-21(11-13-22)14-17(24)15-28-20-5-3-2-4-19(20)23(25)26/h2-9,17,24H,10-15H2,1H3/p+1/t17-/m0/s1. The summed E-state index contributed by atoms with van der Waals surface area (Å²) in [6, 6.07) is 14.2. The van der Waals surface area contributed by atoms with Crippen LogP contribution in [0.5, 0.6) is 11.5 Å². The molecule has 1 aliphatic rings. The number of nitro benzene ring substituents is 1. The van der Waals surface area contributed by atoms with Crippen LogP contribution in [0.2, 0.25) is 0 Å². The molecule has 1 atom stereocenters. The molecule has 0 amide bonds. The first-order chi connectivity index (χ1) is 13.6. The van der Waals surface area contributed by atoms with Crippen LogP contribution >= 0.6 is 0 Å². The quantitative estimate of drug-likeness (QED) is 0.512. The minimum absolute atomic E-state index is 0.0382.